The number of piperazine rings is 1. The number of halogens is 1. The van der Waals surface area contributed by atoms with E-state index in [1.807, 2.05) is 4.90 Å². The van der Waals surface area contributed by atoms with Crippen LogP contribution in [0.3, 0.4) is 0 Å². The Kier molecular flexibility index (Phi) is 5.79. The maximum atomic E-state index is 13.5. The summed E-state index contributed by atoms with van der Waals surface area (Å²) in [5, 5.41) is 3.31. The van der Waals surface area contributed by atoms with Crippen LogP contribution in [0.2, 0.25) is 0 Å². The summed E-state index contributed by atoms with van der Waals surface area (Å²) >= 11 is 0. The van der Waals surface area contributed by atoms with Crippen LogP contribution in [-0.2, 0) is 6.54 Å². The number of urea groups is 1. The van der Waals surface area contributed by atoms with Crippen LogP contribution >= 0.6 is 0 Å². The number of nitrogens with one attached hydrogen (secondary N) is 1. The third kappa shape index (κ3) is 4.39. The van der Waals surface area contributed by atoms with Crippen LogP contribution in [0.4, 0.5) is 15.0 Å². The van der Waals surface area contributed by atoms with Gasteiger partial charge >= 0.3 is 6.03 Å². The molecule has 1 spiro atoms. The van der Waals surface area contributed by atoms with Gasteiger partial charge < -0.3 is 15.1 Å². The highest BCUT2D eigenvalue weighted by Gasteiger charge is 2.52. The summed E-state index contributed by atoms with van der Waals surface area (Å²) < 4.78 is 13.5. The molecule has 0 unspecified atom stereocenters. The average Bonchev–Trinajstić information content (AvgIpc) is 2.81. The number of hydrogen-bond acceptors (Lipinski definition) is 5. The number of carbonyl (C=O) groups is 1. The number of aromatic nitrogens is 2. The molecule has 8 heteroatoms. The van der Waals surface area contributed by atoms with Gasteiger partial charge in [-0.25, -0.2) is 14.2 Å². The van der Waals surface area contributed by atoms with Crippen molar-refractivity contribution >= 4 is 22.9 Å². The molecule has 7 nitrogen and oxygen atoms in total. The van der Waals surface area contributed by atoms with Crippen LogP contribution in [0.25, 0.3) is 11.0 Å². The van der Waals surface area contributed by atoms with E-state index in [1.54, 1.807) is 12.3 Å². The van der Waals surface area contributed by atoms with Crippen molar-refractivity contribution in [2.45, 2.75) is 51.4 Å². The predicted octanol–water partition coefficient (Wildman–Crippen LogP) is 4.04. The van der Waals surface area contributed by atoms with Crippen molar-refractivity contribution < 1.29 is 9.18 Å². The van der Waals surface area contributed by atoms with E-state index < -0.39 is 0 Å². The van der Waals surface area contributed by atoms with Gasteiger partial charge in [0.1, 0.15) is 11.6 Å². The molecule has 188 valence electrons. The van der Waals surface area contributed by atoms with Crippen molar-refractivity contribution in [1.29, 1.82) is 0 Å². The molecule has 3 fully saturated rings. The molecule has 6 rings (SSSR count). The summed E-state index contributed by atoms with van der Waals surface area (Å²) in [7, 11) is 0. The standard InChI is InChI=1S/C28H33FN6O/c1-19-14-34(26-13-30-25-10-22(29)8-9-24(25)32-26)15-20(2)35(19)27(36)31-23-11-28(12-23)17-33(18-28)16-21-6-4-3-5-7-21/h3-10,13,19-20,23H,11-12,14-18H2,1-2H3,(H,31,36)/t19-,20+. The zero-order chi connectivity index (χ0) is 24.9. The molecular formula is C28H33FN6O. The molecule has 3 heterocycles. The third-order valence-corrected chi connectivity index (χ3v) is 8.02. The Bertz CT molecular complexity index is 1240. The first-order chi connectivity index (χ1) is 17.4. The number of benzene rings is 2. The van der Waals surface area contributed by atoms with Crippen molar-refractivity contribution in [3.05, 3.63) is 66.1 Å². The lowest BCUT2D eigenvalue weighted by atomic mass is 9.60. The fourth-order valence-corrected chi connectivity index (χ4v) is 6.49. The lowest BCUT2D eigenvalue weighted by Gasteiger charge is -2.59. The smallest absolute Gasteiger partial charge is 0.318 e. The molecule has 0 radical (unpaired) electrons. The summed E-state index contributed by atoms with van der Waals surface area (Å²) in [5.74, 6) is 0.449. The van der Waals surface area contributed by atoms with E-state index in [1.165, 1.54) is 17.7 Å². The second-order valence-electron chi connectivity index (χ2n) is 11.1. The normalized spacial score (nSPS) is 24.0. The van der Waals surface area contributed by atoms with Crippen LogP contribution in [0.1, 0.15) is 32.3 Å². The largest absolute Gasteiger partial charge is 0.351 e. The molecule has 2 saturated heterocycles. The molecule has 3 aromatic rings. The van der Waals surface area contributed by atoms with Crippen molar-refractivity contribution in [3.63, 3.8) is 0 Å². The summed E-state index contributed by atoms with van der Waals surface area (Å²) in [4.78, 5) is 29.0. The van der Waals surface area contributed by atoms with E-state index in [-0.39, 0.29) is 30.0 Å². The Morgan fingerprint density at radius 2 is 1.78 bits per heavy atom. The lowest BCUT2D eigenvalue weighted by Crippen LogP contribution is -2.68. The van der Waals surface area contributed by atoms with Gasteiger partial charge in [0.15, 0.2) is 0 Å². The summed E-state index contributed by atoms with van der Waals surface area (Å²) in [6, 6.07) is 15.5. The molecule has 1 saturated carbocycles. The van der Waals surface area contributed by atoms with Gasteiger partial charge in [-0.3, -0.25) is 9.88 Å². The number of fused-ring (bicyclic) bond motifs is 1. The van der Waals surface area contributed by atoms with Gasteiger partial charge in [0.25, 0.3) is 0 Å². The minimum absolute atomic E-state index is 0.0371. The molecule has 2 aromatic carbocycles. The fourth-order valence-electron chi connectivity index (χ4n) is 6.49. The van der Waals surface area contributed by atoms with Gasteiger partial charge in [-0.2, -0.15) is 0 Å². The first-order valence-corrected chi connectivity index (χ1v) is 12.9. The molecule has 1 aliphatic carbocycles. The average molecular weight is 489 g/mol. The summed E-state index contributed by atoms with van der Waals surface area (Å²) in [5.41, 5.74) is 2.97. The quantitative estimate of drug-likeness (QED) is 0.601. The topological polar surface area (TPSA) is 64.6 Å². The monoisotopic (exact) mass is 488 g/mol. The van der Waals surface area contributed by atoms with Gasteiger partial charge in [0.2, 0.25) is 0 Å². The van der Waals surface area contributed by atoms with Gasteiger partial charge in [-0.1, -0.05) is 30.3 Å². The highest BCUT2D eigenvalue weighted by molar-refractivity contribution is 5.77. The second-order valence-corrected chi connectivity index (χ2v) is 11.1. The molecule has 0 bridgehead atoms. The van der Waals surface area contributed by atoms with Crippen LogP contribution in [0, 0.1) is 11.2 Å². The Morgan fingerprint density at radius 1 is 1.06 bits per heavy atom. The molecule has 3 aliphatic rings. The predicted molar refractivity (Wildman–Crippen MR) is 138 cm³/mol. The summed E-state index contributed by atoms with van der Waals surface area (Å²) in [6.45, 7) is 8.80. The van der Waals surface area contributed by atoms with Crippen molar-refractivity contribution in [3.8, 4) is 0 Å². The zero-order valence-electron chi connectivity index (χ0n) is 20.9. The fraction of sp³-hybridized carbons (Fsp3) is 0.464. The molecule has 2 aliphatic heterocycles. The van der Waals surface area contributed by atoms with Gasteiger partial charge in [0.05, 0.1) is 17.2 Å². The first kappa shape index (κ1) is 23.2. The second kappa shape index (κ2) is 9.00. The van der Waals surface area contributed by atoms with E-state index >= 15 is 0 Å². The van der Waals surface area contributed by atoms with Crippen molar-refractivity contribution in [2.24, 2.45) is 5.41 Å². The number of hydrogen-bond donors (Lipinski definition) is 1. The van der Waals surface area contributed by atoms with E-state index in [9.17, 15) is 9.18 Å². The Hall–Kier alpha value is -3.26. The molecular weight excluding hydrogens is 455 g/mol. The number of rotatable bonds is 4. The highest BCUT2D eigenvalue weighted by atomic mass is 19.1. The SMILES string of the molecule is C[C@@H]1CN(c2cnc3cc(F)ccc3n2)C[C@H](C)N1C(=O)NC1CC2(C1)CN(Cc1ccccc1)C2. The zero-order valence-corrected chi connectivity index (χ0v) is 20.9. The molecule has 2 atom stereocenters. The minimum Gasteiger partial charge on any atom is -0.351 e. The van der Waals surface area contributed by atoms with Gasteiger partial charge in [0, 0.05) is 56.9 Å². The first-order valence-electron chi connectivity index (χ1n) is 12.9. The number of amides is 2. The van der Waals surface area contributed by atoms with Gasteiger partial charge in [-0.05, 0) is 49.8 Å². The number of carbonyl (C=O) groups excluding carboxylic acids is 1. The van der Waals surface area contributed by atoms with E-state index in [4.69, 9.17) is 0 Å². The van der Waals surface area contributed by atoms with Crippen LogP contribution in [0.15, 0.2) is 54.7 Å². The molecule has 1 aromatic heterocycles. The van der Waals surface area contributed by atoms with Crippen LogP contribution < -0.4 is 10.2 Å². The van der Waals surface area contributed by atoms with Crippen LogP contribution in [-0.4, -0.2) is 70.1 Å². The third-order valence-electron chi connectivity index (χ3n) is 8.02. The Labute approximate surface area is 211 Å². The maximum absolute atomic E-state index is 13.5. The Balaban J connectivity index is 1.01. The van der Waals surface area contributed by atoms with E-state index in [2.05, 4.69) is 69.3 Å². The molecule has 36 heavy (non-hydrogen) atoms. The maximum Gasteiger partial charge on any atom is 0.318 e. The van der Waals surface area contributed by atoms with E-state index in [0.717, 1.165) is 38.3 Å². The summed E-state index contributed by atoms with van der Waals surface area (Å²) in [6.07, 6.45) is 3.84. The highest BCUT2D eigenvalue weighted by Crippen LogP contribution is 2.48. The van der Waals surface area contributed by atoms with Crippen molar-refractivity contribution in [1.82, 2.24) is 25.1 Å². The van der Waals surface area contributed by atoms with Crippen molar-refractivity contribution in [2.75, 3.05) is 31.1 Å². The molecule has 2 amide bonds. The van der Waals surface area contributed by atoms with Crippen LogP contribution in [0.5, 0.6) is 0 Å². The lowest BCUT2D eigenvalue weighted by molar-refractivity contribution is -0.0812. The number of likely N-dealkylation sites (tertiary alicyclic amines) is 1. The number of nitrogens with zero attached hydrogens (tertiary/aromatic N) is 5. The number of anilines is 1. The van der Waals surface area contributed by atoms with Gasteiger partial charge in [-0.15, -0.1) is 0 Å². The minimum atomic E-state index is -0.314. The molecule has 1 N–H and O–H groups in total. The van der Waals surface area contributed by atoms with E-state index in [0.29, 0.717) is 29.5 Å². The Morgan fingerprint density at radius 3 is 2.50 bits per heavy atom.